The number of thiophene rings is 1. The molecule has 1 aromatic heterocycles. The molecule has 0 aromatic carbocycles. The normalized spacial score (nSPS) is 21.3. The minimum absolute atomic E-state index is 0.0145. The average molecular weight is 281 g/mol. The third-order valence-electron chi connectivity index (χ3n) is 3.93. The molecule has 1 aliphatic rings. The molecule has 0 aliphatic heterocycles. The highest BCUT2D eigenvalue weighted by atomic mass is 32.1. The van der Waals surface area contributed by atoms with Crippen molar-refractivity contribution in [2.75, 3.05) is 5.32 Å². The smallest absolute Gasteiger partial charge is 0.346 e. The Morgan fingerprint density at radius 3 is 2.63 bits per heavy atom. The van der Waals surface area contributed by atoms with Crippen LogP contribution >= 0.6 is 11.3 Å². The zero-order valence-corrected chi connectivity index (χ0v) is 12.3. The first-order valence-corrected chi connectivity index (χ1v) is 7.27. The van der Waals surface area contributed by atoms with E-state index in [0.717, 1.165) is 30.6 Å². The molecule has 1 atom stereocenters. The van der Waals surface area contributed by atoms with Gasteiger partial charge in [-0.25, -0.2) is 4.79 Å². The molecule has 1 unspecified atom stereocenters. The first-order valence-electron chi connectivity index (χ1n) is 6.46. The number of amides is 1. The van der Waals surface area contributed by atoms with Gasteiger partial charge in [-0.2, -0.15) is 0 Å². The van der Waals surface area contributed by atoms with Crippen LogP contribution in [0.3, 0.4) is 0 Å². The Bertz CT molecular complexity index is 519. The van der Waals surface area contributed by atoms with Gasteiger partial charge in [-0.3, -0.25) is 4.79 Å². The maximum absolute atomic E-state index is 12.3. The van der Waals surface area contributed by atoms with E-state index in [1.807, 2.05) is 0 Å². The first-order chi connectivity index (χ1) is 8.81. The van der Waals surface area contributed by atoms with Crippen molar-refractivity contribution < 1.29 is 14.7 Å². The van der Waals surface area contributed by atoms with E-state index in [1.165, 1.54) is 0 Å². The van der Waals surface area contributed by atoms with E-state index in [4.69, 9.17) is 5.11 Å². The van der Waals surface area contributed by atoms with Crippen molar-refractivity contribution in [3.8, 4) is 0 Å². The van der Waals surface area contributed by atoms with E-state index < -0.39 is 5.97 Å². The topological polar surface area (TPSA) is 66.4 Å². The van der Waals surface area contributed by atoms with Crippen LogP contribution in [0.2, 0.25) is 0 Å². The molecular formula is C14H19NO3S. The molecular weight excluding hydrogens is 262 g/mol. The van der Waals surface area contributed by atoms with Crippen molar-refractivity contribution in [1.29, 1.82) is 0 Å². The molecule has 1 aliphatic carbocycles. The number of anilines is 1. The number of aryl methyl sites for hydroxylation is 1. The zero-order chi connectivity index (χ0) is 14.2. The summed E-state index contributed by atoms with van der Waals surface area (Å²) in [7, 11) is 0. The summed E-state index contributed by atoms with van der Waals surface area (Å²) in [5, 5.41) is 12.5. The lowest BCUT2D eigenvalue weighted by Crippen LogP contribution is -2.30. The predicted molar refractivity (Wildman–Crippen MR) is 75.8 cm³/mol. The van der Waals surface area contributed by atoms with Gasteiger partial charge in [0, 0.05) is 5.92 Å². The summed E-state index contributed by atoms with van der Waals surface area (Å²) >= 11 is 1.12. The van der Waals surface area contributed by atoms with Crippen molar-refractivity contribution in [2.24, 2.45) is 11.3 Å². The molecule has 0 bridgehead atoms. The van der Waals surface area contributed by atoms with Crippen molar-refractivity contribution >= 4 is 28.2 Å². The number of carbonyl (C=O) groups excluding carboxylic acids is 1. The van der Waals surface area contributed by atoms with Crippen LogP contribution in [0.4, 0.5) is 5.00 Å². The number of rotatable bonds is 3. The molecule has 5 heteroatoms. The summed E-state index contributed by atoms with van der Waals surface area (Å²) in [6.07, 6.45) is 3.05. The van der Waals surface area contributed by atoms with E-state index in [2.05, 4.69) is 19.2 Å². The van der Waals surface area contributed by atoms with Crippen molar-refractivity contribution in [3.63, 3.8) is 0 Å². The van der Waals surface area contributed by atoms with Crippen molar-refractivity contribution in [1.82, 2.24) is 0 Å². The second kappa shape index (κ2) is 4.96. The largest absolute Gasteiger partial charge is 0.477 e. The number of nitrogens with one attached hydrogen (secondary N) is 1. The highest BCUT2D eigenvalue weighted by Gasteiger charge is 2.39. The lowest BCUT2D eigenvalue weighted by atomic mass is 9.81. The molecule has 1 fully saturated rings. The van der Waals surface area contributed by atoms with Crippen molar-refractivity contribution in [2.45, 2.75) is 40.0 Å². The van der Waals surface area contributed by atoms with Crippen molar-refractivity contribution in [3.05, 3.63) is 16.5 Å². The predicted octanol–water partition coefficient (Wildman–Crippen LogP) is 3.52. The highest BCUT2D eigenvalue weighted by molar-refractivity contribution is 7.18. The van der Waals surface area contributed by atoms with E-state index in [9.17, 15) is 9.59 Å². The lowest BCUT2D eigenvalue weighted by molar-refractivity contribution is -0.122. The zero-order valence-electron chi connectivity index (χ0n) is 11.4. The summed E-state index contributed by atoms with van der Waals surface area (Å²) in [4.78, 5) is 23.5. The van der Waals surface area contributed by atoms with Gasteiger partial charge in [-0.05, 0) is 36.8 Å². The molecule has 4 nitrogen and oxygen atoms in total. The number of aromatic carboxylic acids is 1. The quantitative estimate of drug-likeness (QED) is 0.890. The van der Waals surface area contributed by atoms with Gasteiger partial charge in [0.25, 0.3) is 0 Å². The maximum Gasteiger partial charge on any atom is 0.346 e. The van der Waals surface area contributed by atoms with Gasteiger partial charge in [-0.15, -0.1) is 11.3 Å². The SMILES string of the molecule is Cc1cc(NC(=O)C2CCCC2(C)C)sc1C(=O)O. The van der Waals surface area contributed by atoms with Crippen LogP contribution in [-0.4, -0.2) is 17.0 Å². The van der Waals surface area contributed by atoms with Gasteiger partial charge in [0.05, 0.1) is 5.00 Å². The molecule has 1 amide bonds. The number of hydrogen-bond donors (Lipinski definition) is 2. The van der Waals surface area contributed by atoms with E-state index in [1.54, 1.807) is 13.0 Å². The molecule has 1 aromatic rings. The third kappa shape index (κ3) is 2.81. The molecule has 19 heavy (non-hydrogen) atoms. The van der Waals surface area contributed by atoms with Crippen LogP contribution < -0.4 is 5.32 Å². The highest BCUT2D eigenvalue weighted by Crippen LogP contribution is 2.43. The van der Waals surface area contributed by atoms with E-state index in [0.29, 0.717) is 15.4 Å². The number of carbonyl (C=O) groups is 2. The summed E-state index contributed by atoms with van der Waals surface area (Å²) in [6.45, 7) is 5.98. The fraction of sp³-hybridized carbons (Fsp3) is 0.571. The number of carboxylic acids is 1. The van der Waals surface area contributed by atoms with Crippen LogP contribution in [0.15, 0.2) is 6.07 Å². The molecule has 1 saturated carbocycles. The molecule has 0 radical (unpaired) electrons. The first kappa shape index (κ1) is 14.1. The Morgan fingerprint density at radius 1 is 1.47 bits per heavy atom. The number of carboxylic acid groups (broad SMARTS) is 1. The maximum atomic E-state index is 12.3. The summed E-state index contributed by atoms with van der Waals surface area (Å²) in [6, 6.07) is 1.73. The Kier molecular flexibility index (Phi) is 3.67. The fourth-order valence-corrected chi connectivity index (χ4v) is 3.69. The Balaban J connectivity index is 2.11. The van der Waals surface area contributed by atoms with Crippen LogP contribution in [0.25, 0.3) is 0 Å². The second-order valence-electron chi connectivity index (χ2n) is 5.85. The standard InChI is InChI=1S/C14H19NO3S/c1-8-7-10(19-11(8)13(17)18)15-12(16)9-5-4-6-14(9,2)3/h7,9H,4-6H2,1-3H3,(H,15,16)(H,17,18). The van der Waals surface area contributed by atoms with Crippen LogP contribution in [-0.2, 0) is 4.79 Å². The Labute approximate surface area is 116 Å². The summed E-state index contributed by atoms with van der Waals surface area (Å²) in [5.74, 6) is -0.909. The van der Waals surface area contributed by atoms with E-state index in [-0.39, 0.29) is 17.2 Å². The van der Waals surface area contributed by atoms with Crippen LogP contribution in [0.5, 0.6) is 0 Å². The van der Waals surface area contributed by atoms with Gasteiger partial charge in [0.1, 0.15) is 4.88 Å². The Hall–Kier alpha value is -1.36. The van der Waals surface area contributed by atoms with Gasteiger partial charge in [0.2, 0.25) is 5.91 Å². The van der Waals surface area contributed by atoms with Gasteiger partial charge in [-0.1, -0.05) is 20.3 Å². The monoisotopic (exact) mass is 281 g/mol. The fourth-order valence-electron chi connectivity index (χ4n) is 2.78. The minimum Gasteiger partial charge on any atom is -0.477 e. The summed E-state index contributed by atoms with van der Waals surface area (Å²) < 4.78 is 0. The molecule has 2 N–H and O–H groups in total. The van der Waals surface area contributed by atoms with Gasteiger partial charge in [0.15, 0.2) is 0 Å². The summed E-state index contributed by atoms with van der Waals surface area (Å²) in [5.41, 5.74) is 0.727. The molecule has 0 saturated heterocycles. The molecule has 0 spiro atoms. The van der Waals surface area contributed by atoms with E-state index >= 15 is 0 Å². The minimum atomic E-state index is -0.941. The Morgan fingerprint density at radius 2 is 2.16 bits per heavy atom. The molecule has 1 heterocycles. The molecule has 104 valence electrons. The lowest BCUT2D eigenvalue weighted by Gasteiger charge is -2.25. The third-order valence-corrected chi connectivity index (χ3v) is 5.07. The molecule has 2 rings (SSSR count). The average Bonchev–Trinajstić information content (AvgIpc) is 2.81. The second-order valence-corrected chi connectivity index (χ2v) is 6.90. The van der Waals surface area contributed by atoms with Gasteiger partial charge < -0.3 is 10.4 Å². The number of hydrogen-bond acceptors (Lipinski definition) is 3. The van der Waals surface area contributed by atoms with Crippen LogP contribution in [0.1, 0.15) is 48.3 Å². The van der Waals surface area contributed by atoms with Crippen LogP contribution in [0, 0.1) is 18.3 Å². The van der Waals surface area contributed by atoms with Gasteiger partial charge >= 0.3 is 5.97 Å².